The molecule has 4 heteroatoms. The number of rotatable bonds is 5. The second-order valence-corrected chi connectivity index (χ2v) is 8.92. The van der Waals surface area contributed by atoms with Gasteiger partial charge in [0.25, 0.3) is 0 Å². The van der Waals surface area contributed by atoms with Crippen molar-refractivity contribution in [1.82, 2.24) is 9.80 Å². The number of benzene rings is 1. The normalized spacial score (nSPS) is 25.3. The van der Waals surface area contributed by atoms with Crippen molar-refractivity contribution in [2.45, 2.75) is 69.7 Å². The van der Waals surface area contributed by atoms with Crippen LogP contribution >= 0.6 is 0 Å². The summed E-state index contributed by atoms with van der Waals surface area (Å²) in [6, 6.07) is 6.96. The van der Waals surface area contributed by atoms with Gasteiger partial charge in [0.15, 0.2) is 0 Å². The summed E-state index contributed by atoms with van der Waals surface area (Å²) in [5, 5.41) is 0. The van der Waals surface area contributed by atoms with Crippen molar-refractivity contribution in [3.63, 3.8) is 0 Å². The van der Waals surface area contributed by atoms with Crippen LogP contribution in [0.25, 0.3) is 0 Å². The van der Waals surface area contributed by atoms with Crippen LogP contribution in [0.5, 0.6) is 5.75 Å². The van der Waals surface area contributed by atoms with E-state index in [0.29, 0.717) is 12.0 Å². The number of likely N-dealkylation sites (tertiary alicyclic amines) is 1. The first-order chi connectivity index (χ1) is 13.1. The second-order valence-electron chi connectivity index (χ2n) is 8.92. The fourth-order valence-electron chi connectivity index (χ4n) is 5.59. The minimum atomic E-state index is -0.287. The van der Waals surface area contributed by atoms with Crippen LogP contribution in [-0.2, 0) is 6.42 Å². The molecule has 2 aliphatic carbocycles. The third-order valence-electron chi connectivity index (χ3n) is 7.01. The Morgan fingerprint density at radius 1 is 1.19 bits per heavy atom. The SMILES string of the molecule is CN(C)C(=O)Oc1cccc2c1CCC1C2CCN1CCCC1CCCC1. The summed E-state index contributed by atoms with van der Waals surface area (Å²) < 4.78 is 5.64. The van der Waals surface area contributed by atoms with E-state index >= 15 is 0 Å². The van der Waals surface area contributed by atoms with E-state index in [1.807, 2.05) is 6.07 Å². The standard InChI is InChI=1S/C23H34N2O2/c1-24(2)23(26)27-22-11-5-10-18-19-14-16-25(21(19)13-12-20(18)22)15-6-9-17-7-3-4-8-17/h5,10-11,17,19,21H,3-4,6-9,12-16H2,1-2H3. The van der Waals surface area contributed by atoms with Crippen LogP contribution in [0.3, 0.4) is 0 Å². The minimum Gasteiger partial charge on any atom is -0.410 e. The molecule has 0 aromatic heterocycles. The average Bonchev–Trinajstić information content (AvgIpc) is 3.32. The van der Waals surface area contributed by atoms with Gasteiger partial charge in [-0.3, -0.25) is 4.90 Å². The molecule has 0 bridgehead atoms. The zero-order valence-corrected chi connectivity index (χ0v) is 17.0. The van der Waals surface area contributed by atoms with Crippen molar-refractivity contribution >= 4 is 6.09 Å². The topological polar surface area (TPSA) is 32.8 Å². The van der Waals surface area contributed by atoms with E-state index in [9.17, 15) is 4.79 Å². The van der Waals surface area contributed by atoms with E-state index in [2.05, 4.69) is 17.0 Å². The molecular weight excluding hydrogens is 336 g/mol. The van der Waals surface area contributed by atoms with Gasteiger partial charge in [-0.05, 0) is 68.3 Å². The largest absolute Gasteiger partial charge is 0.414 e. The predicted octanol–water partition coefficient (Wildman–Crippen LogP) is 4.82. The average molecular weight is 371 g/mol. The number of hydrogen-bond acceptors (Lipinski definition) is 3. The maximum Gasteiger partial charge on any atom is 0.414 e. The van der Waals surface area contributed by atoms with E-state index in [-0.39, 0.29) is 6.09 Å². The third kappa shape index (κ3) is 4.01. The maximum atomic E-state index is 12.0. The van der Waals surface area contributed by atoms with E-state index < -0.39 is 0 Å². The Balaban J connectivity index is 1.40. The van der Waals surface area contributed by atoms with Crippen molar-refractivity contribution in [1.29, 1.82) is 0 Å². The molecule has 3 aliphatic rings. The van der Waals surface area contributed by atoms with Crippen molar-refractivity contribution < 1.29 is 9.53 Å². The Hall–Kier alpha value is -1.55. The molecule has 1 aliphatic heterocycles. The van der Waals surface area contributed by atoms with Gasteiger partial charge < -0.3 is 9.64 Å². The van der Waals surface area contributed by atoms with Crippen LogP contribution in [0.1, 0.15) is 68.4 Å². The molecule has 27 heavy (non-hydrogen) atoms. The highest BCUT2D eigenvalue weighted by Crippen LogP contribution is 2.44. The molecule has 1 saturated carbocycles. The molecule has 1 aromatic rings. The predicted molar refractivity (Wildman–Crippen MR) is 108 cm³/mol. The lowest BCUT2D eigenvalue weighted by Crippen LogP contribution is -2.36. The summed E-state index contributed by atoms with van der Waals surface area (Å²) in [7, 11) is 3.46. The van der Waals surface area contributed by atoms with Gasteiger partial charge in [0.2, 0.25) is 0 Å². The molecule has 0 radical (unpaired) electrons. The van der Waals surface area contributed by atoms with Crippen molar-refractivity contribution in [3.05, 3.63) is 29.3 Å². The van der Waals surface area contributed by atoms with Gasteiger partial charge >= 0.3 is 6.09 Å². The van der Waals surface area contributed by atoms with Crippen LogP contribution in [-0.4, -0.2) is 49.1 Å². The maximum absolute atomic E-state index is 12.0. The van der Waals surface area contributed by atoms with E-state index in [1.165, 1.54) is 80.5 Å². The van der Waals surface area contributed by atoms with E-state index in [1.54, 1.807) is 14.1 Å². The molecule has 0 N–H and O–H groups in total. The molecule has 1 saturated heterocycles. The van der Waals surface area contributed by atoms with Gasteiger partial charge in [-0.2, -0.15) is 0 Å². The number of nitrogens with zero attached hydrogens (tertiary/aromatic N) is 2. The molecule has 2 atom stereocenters. The molecule has 2 fully saturated rings. The van der Waals surface area contributed by atoms with Crippen LogP contribution < -0.4 is 4.74 Å². The Kier molecular flexibility index (Phi) is 5.72. The van der Waals surface area contributed by atoms with Gasteiger partial charge in [-0.1, -0.05) is 37.8 Å². The highest BCUT2D eigenvalue weighted by atomic mass is 16.6. The fraction of sp³-hybridized carbons (Fsp3) is 0.696. The molecule has 4 rings (SSSR count). The molecule has 0 spiro atoms. The molecule has 1 amide bonds. The molecular formula is C23H34N2O2. The van der Waals surface area contributed by atoms with Crippen LogP contribution in [0.15, 0.2) is 18.2 Å². The molecule has 148 valence electrons. The first-order valence-corrected chi connectivity index (χ1v) is 10.9. The number of hydrogen-bond donors (Lipinski definition) is 0. The van der Waals surface area contributed by atoms with Gasteiger partial charge in [0.05, 0.1) is 0 Å². The highest BCUT2D eigenvalue weighted by molar-refractivity contribution is 5.70. The van der Waals surface area contributed by atoms with Gasteiger partial charge in [0, 0.05) is 26.1 Å². The Morgan fingerprint density at radius 2 is 2.00 bits per heavy atom. The third-order valence-corrected chi connectivity index (χ3v) is 7.01. The smallest absolute Gasteiger partial charge is 0.410 e. The Morgan fingerprint density at radius 3 is 2.78 bits per heavy atom. The first kappa shape index (κ1) is 18.8. The van der Waals surface area contributed by atoms with E-state index in [4.69, 9.17) is 4.74 Å². The summed E-state index contributed by atoms with van der Waals surface area (Å²) in [6.07, 6.45) is 11.8. The summed E-state index contributed by atoms with van der Waals surface area (Å²) in [6.45, 7) is 2.49. The molecule has 4 nitrogen and oxygen atoms in total. The van der Waals surface area contributed by atoms with Crippen LogP contribution in [0.4, 0.5) is 4.79 Å². The fourth-order valence-corrected chi connectivity index (χ4v) is 5.59. The summed E-state index contributed by atoms with van der Waals surface area (Å²) in [4.78, 5) is 16.2. The zero-order valence-electron chi connectivity index (χ0n) is 17.0. The van der Waals surface area contributed by atoms with Gasteiger partial charge in [0.1, 0.15) is 5.75 Å². The number of carbonyl (C=O) groups is 1. The molecule has 1 aromatic carbocycles. The number of carbonyl (C=O) groups excluding carboxylic acids is 1. The molecule has 1 heterocycles. The lowest BCUT2D eigenvalue weighted by atomic mass is 9.79. The number of ether oxygens (including phenoxy) is 1. The minimum absolute atomic E-state index is 0.287. The lowest BCUT2D eigenvalue weighted by Gasteiger charge is -2.34. The summed E-state index contributed by atoms with van der Waals surface area (Å²) >= 11 is 0. The van der Waals surface area contributed by atoms with Gasteiger partial charge in [-0.15, -0.1) is 0 Å². The second kappa shape index (κ2) is 8.22. The van der Waals surface area contributed by atoms with Crippen LogP contribution in [0, 0.1) is 5.92 Å². The summed E-state index contributed by atoms with van der Waals surface area (Å²) in [5.41, 5.74) is 2.69. The quantitative estimate of drug-likeness (QED) is 0.745. The summed E-state index contributed by atoms with van der Waals surface area (Å²) in [5.74, 6) is 2.38. The van der Waals surface area contributed by atoms with Crippen molar-refractivity contribution in [3.8, 4) is 5.75 Å². The monoisotopic (exact) mass is 370 g/mol. The highest BCUT2D eigenvalue weighted by Gasteiger charge is 2.39. The van der Waals surface area contributed by atoms with Crippen molar-refractivity contribution in [2.24, 2.45) is 5.92 Å². The Bertz CT molecular complexity index is 666. The van der Waals surface area contributed by atoms with Gasteiger partial charge in [-0.25, -0.2) is 4.79 Å². The first-order valence-electron chi connectivity index (χ1n) is 10.9. The molecule has 2 unspecified atom stereocenters. The van der Waals surface area contributed by atoms with Crippen molar-refractivity contribution in [2.75, 3.05) is 27.2 Å². The number of fused-ring (bicyclic) bond motifs is 3. The van der Waals surface area contributed by atoms with Crippen LogP contribution in [0.2, 0.25) is 0 Å². The Labute approximate surface area is 163 Å². The lowest BCUT2D eigenvalue weighted by molar-refractivity contribution is 0.170. The zero-order chi connectivity index (χ0) is 18.8. The van der Waals surface area contributed by atoms with E-state index in [0.717, 1.165) is 18.1 Å². The number of amides is 1.